The number of carbonyl (C=O) groups excluding carboxylic acids is 2. The van der Waals surface area contributed by atoms with E-state index in [0.717, 1.165) is 30.5 Å². The van der Waals surface area contributed by atoms with Gasteiger partial charge in [-0.1, -0.05) is 18.9 Å². The minimum atomic E-state index is -1.19. The minimum absolute atomic E-state index is 0.00956. The average molecular weight is 507 g/mol. The average Bonchev–Trinajstić information content (AvgIpc) is 3.66. The van der Waals surface area contributed by atoms with E-state index in [1.165, 1.54) is 53.6 Å². The standard InChI is InChI=1S/C26H24F2N6O3/c27-18-12-10-17(11-13-18)25-30-32-33(31-25)16-23(35)34(21-8-3-5-19(28)15-21)24(22-9-4-14-37-22)26(36)29-20-6-1-2-7-20/h3-5,8-15,20,24H,1-2,6-7,16H2,(H,29,36)/t24-/m1/s1. The molecule has 0 bridgehead atoms. The summed E-state index contributed by atoms with van der Waals surface area (Å²) < 4.78 is 33.1. The third-order valence-corrected chi connectivity index (χ3v) is 6.21. The van der Waals surface area contributed by atoms with E-state index in [1.807, 2.05) is 0 Å². The second kappa shape index (κ2) is 10.7. The van der Waals surface area contributed by atoms with E-state index >= 15 is 0 Å². The van der Waals surface area contributed by atoms with Crippen LogP contribution in [0.25, 0.3) is 11.4 Å². The van der Waals surface area contributed by atoms with E-state index in [0.29, 0.717) is 5.56 Å². The van der Waals surface area contributed by atoms with Crippen LogP contribution in [-0.4, -0.2) is 38.1 Å². The quantitative estimate of drug-likeness (QED) is 0.387. The molecule has 1 atom stereocenters. The molecule has 37 heavy (non-hydrogen) atoms. The number of hydrogen-bond acceptors (Lipinski definition) is 6. The molecular formula is C26H24F2N6O3. The first kappa shape index (κ1) is 24.3. The van der Waals surface area contributed by atoms with Gasteiger partial charge in [-0.15, -0.1) is 10.2 Å². The van der Waals surface area contributed by atoms with Crippen molar-refractivity contribution in [3.05, 3.63) is 84.3 Å². The van der Waals surface area contributed by atoms with Crippen LogP contribution in [0.4, 0.5) is 14.5 Å². The van der Waals surface area contributed by atoms with Crippen molar-refractivity contribution in [1.29, 1.82) is 0 Å². The molecule has 0 radical (unpaired) electrons. The van der Waals surface area contributed by atoms with Crippen molar-refractivity contribution in [2.24, 2.45) is 0 Å². The summed E-state index contributed by atoms with van der Waals surface area (Å²) >= 11 is 0. The van der Waals surface area contributed by atoms with Crippen LogP contribution >= 0.6 is 0 Å². The van der Waals surface area contributed by atoms with Crippen molar-refractivity contribution >= 4 is 17.5 Å². The van der Waals surface area contributed by atoms with Gasteiger partial charge in [-0.2, -0.15) is 4.80 Å². The molecule has 1 aliphatic rings. The van der Waals surface area contributed by atoms with Crippen molar-refractivity contribution in [3.63, 3.8) is 0 Å². The number of hydrogen-bond donors (Lipinski definition) is 1. The molecule has 2 aromatic carbocycles. The molecule has 0 spiro atoms. The Balaban J connectivity index is 1.47. The number of benzene rings is 2. The maximum atomic E-state index is 14.2. The Morgan fingerprint density at radius 3 is 2.54 bits per heavy atom. The number of furan rings is 1. The molecule has 1 aliphatic carbocycles. The number of nitrogens with zero attached hydrogens (tertiary/aromatic N) is 5. The van der Waals surface area contributed by atoms with Gasteiger partial charge in [0.2, 0.25) is 5.82 Å². The molecule has 2 heterocycles. The normalized spacial score (nSPS) is 14.4. The molecule has 2 amide bonds. The van der Waals surface area contributed by atoms with Gasteiger partial charge in [0.25, 0.3) is 11.8 Å². The van der Waals surface area contributed by atoms with Crippen molar-refractivity contribution in [2.45, 2.75) is 44.3 Å². The molecule has 11 heteroatoms. The lowest BCUT2D eigenvalue weighted by Crippen LogP contribution is -2.47. The first-order valence-electron chi connectivity index (χ1n) is 11.9. The maximum absolute atomic E-state index is 14.2. The largest absolute Gasteiger partial charge is 0.467 e. The van der Waals surface area contributed by atoms with E-state index in [4.69, 9.17) is 4.42 Å². The second-order valence-electron chi connectivity index (χ2n) is 8.80. The highest BCUT2D eigenvalue weighted by Crippen LogP contribution is 2.30. The first-order chi connectivity index (χ1) is 18.0. The van der Waals surface area contributed by atoms with E-state index < -0.39 is 36.0 Å². The van der Waals surface area contributed by atoms with Crippen molar-refractivity contribution in [2.75, 3.05) is 4.90 Å². The van der Waals surface area contributed by atoms with E-state index in [9.17, 15) is 18.4 Å². The number of aromatic nitrogens is 4. The Morgan fingerprint density at radius 2 is 1.84 bits per heavy atom. The van der Waals surface area contributed by atoms with Gasteiger partial charge in [0.15, 0.2) is 6.04 Å². The van der Waals surface area contributed by atoms with Crippen LogP contribution in [0.2, 0.25) is 0 Å². The predicted octanol–water partition coefficient (Wildman–Crippen LogP) is 4.04. The molecule has 1 N–H and O–H groups in total. The fraction of sp³-hybridized carbons (Fsp3) is 0.269. The summed E-state index contributed by atoms with van der Waals surface area (Å²) in [6.45, 7) is -0.390. The number of carbonyl (C=O) groups is 2. The zero-order chi connectivity index (χ0) is 25.8. The lowest BCUT2D eigenvalue weighted by molar-refractivity contribution is -0.128. The Kier molecular flexibility index (Phi) is 7.02. The monoisotopic (exact) mass is 506 g/mol. The summed E-state index contributed by atoms with van der Waals surface area (Å²) in [5.41, 5.74) is 0.693. The van der Waals surface area contributed by atoms with Crippen molar-refractivity contribution in [3.8, 4) is 11.4 Å². The summed E-state index contributed by atoms with van der Waals surface area (Å²) in [6, 6.07) is 13.0. The van der Waals surface area contributed by atoms with E-state index in [1.54, 1.807) is 18.2 Å². The van der Waals surface area contributed by atoms with Gasteiger partial charge in [0, 0.05) is 17.3 Å². The molecule has 1 fully saturated rings. The predicted molar refractivity (Wildman–Crippen MR) is 129 cm³/mol. The third kappa shape index (κ3) is 5.55. The van der Waals surface area contributed by atoms with Crippen molar-refractivity contribution in [1.82, 2.24) is 25.5 Å². The summed E-state index contributed by atoms with van der Waals surface area (Å²) in [5.74, 6) is -1.56. The fourth-order valence-electron chi connectivity index (χ4n) is 4.46. The Labute approximate surface area is 211 Å². The number of nitrogens with one attached hydrogen (secondary N) is 1. The first-order valence-corrected chi connectivity index (χ1v) is 11.9. The van der Waals surface area contributed by atoms with Gasteiger partial charge in [-0.3, -0.25) is 14.5 Å². The molecule has 0 unspecified atom stereocenters. The van der Waals surface area contributed by atoms with Crippen LogP contribution in [0, 0.1) is 11.6 Å². The molecule has 190 valence electrons. The zero-order valence-corrected chi connectivity index (χ0v) is 19.8. The van der Waals surface area contributed by atoms with Gasteiger partial charge in [-0.25, -0.2) is 8.78 Å². The van der Waals surface area contributed by atoms with Crippen LogP contribution in [-0.2, 0) is 16.1 Å². The molecule has 0 aliphatic heterocycles. The Bertz CT molecular complexity index is 1370. The highest BCUT2D eigenvalue weighted by molar-refractivity contribution is 6.01. The SMILES string of the molecule is O=C(NC1CCCC1)[C@@H](c1ccco1)N(C(=O)Cn1nnc(-c2ccc(F)cc2)n1)c1cccc(F)c1. The van der Waals surface area contributed by atoms with Crippen LogP contribution < -0.4 is 10.2 Å². The minimum Gasteiger partial charge on any atom is -0.467 e. The second-order valence-corrected chi connectivity index (χ2v) is 8.80. The molecular weight excluding hydrogens is 482 g/mol. The summed E-state index contributed by atoms with van der Waals surface area (Å²) in [5, 5.41) is 15.1. The Morgan fingerprint density at radius 1 is 1.05 bits per heavy atom. The summed E-state index contributed by atoms with van der Waals surface area (Å²) in [6.07, 6.45) is 5.13. The number of tetrazole rings is 1. The zero-order valence-electron chi connectivity index (χ0n) is 19.8. The summed E-state index contributed by atoms with van der Waals surface area (Å²) in [7, 11) is 0. The maximum Gasteiger partial charge on any atom is 0.251 e. The molecule has 5 rings (SSSR count). The highest BCUT2D eigenvalue weighted by atomic mass is 19.1. The molecule has 4 aromatic rings. The van der Waals surface area contributed by atoms with Gasteiger partial charge in [-0.05, 0) is 72.7 Å². The lowest BCUT2D eigenvalue weighted by atomic mass is 10.1. The molecule has 9 nitrogen and oxygen atoms in total. The van der Waals surface area contributed by atoms with Crippen LogP contribution in [0.1, 0.15) is 37.5 Å². The Hall–Kier alpha value is -4.41. The topological polar surface area (TPSA) is 106 Å². The smallest absolute Gasteiger partial charge is 0.251 e. The number of anilines is 1. The number of halogens is 2. The number of amides is 2. The molecule has 1 saturated carbocycles. The van der Waals surface area contributed by atoms with E-state index in [-0.39, 0.29) is 23.3 Å². The lowest BCUT2D eigenvalue weighted by Gasteiger charge is -2.30. The van der Waals surface area contributed by atoms with Crippen LogP contribution in [0.15, 0.2) is 71.3 Å². The fourth-order valence-corrected chi connectivity index (χ4v) is 4.46. The number of rotatable bonds is 8. The third-order valence-electron chi connectivity index (χ3n) is 6.21. The van der Waals surface area contributed by atoms with Gasteiger partial charge < -0.3 is 9.73 Å². The van der Waals surface area contributed by atoms with Gasteiger partial charge >= 0.3 is 0 Å². The van der Waals surface area contributed by atoms with Gasteiger partial charge in [0.05, 0.1) is 6.26 Å². The summed E-state index contributed by atoms with van der Waals surface area (Å²) in [4.78, 5) is 29.5. The van der Waals surface area contributed by atoms with Crippen LogP contribution in [0.3, 0.4) is 0 Å². The van der Waals surface area contributed by atoms with Gasteiger partial charge in [0.1, 0.15) is 23.9 Å². The van der Waals surface area contributed by atoms with Crippen molar-refractivity contribution < 1.29 is 22.8 Å². The van der Waals surface area contributed by atoms with Crippen LogP contribution in [0.5, 0.6) is 0 Å². The molecule has 2 aromatic heterocycles. The highest BCUT2D eigenvalue weighted by Gasteiger charge is 2.36. The van der Waals surface area contributed by atoms with E-state index in [2.05, 4.69) is 20.7 Å². The molecule has 0 saturated heterocycles.